The monoisotopic (exact) mass is 742 g/mol. The van der Waals surface area contributed by atoms with E-state index in [0.717, 1.165) is 101 Å². The third-order valence-electron chi connectivity index (χ3n) is 11.7. The van der Waals surface area contributed by atoms with Crippen LogP contribution in [0.3, 0.4) is 0 Å². The molecule has 8 nitrogen and oxygen atoms in total. The lowest BCUT2D eigenvalue weighted by Crippen LogP contribution is -2.60. The topological polar surface area (TPSA) is 69.7 Å². The smallest absolute Gasteiger partial charge is 0.342 e. The van der Waals surface area contributed by atoms with Gasteiger partial charge in [0, 0.05) is 34.3 Å². The molecule has 0 unspecified atom stereocenters. The van der Waals surface area contributed by atoms with Crippen LogP contribution in [-0.4, -0.2) is 33.1 Å². The first-order valence-electron chi connectivity index (χ1n) is 19.6. The normalized spacial score (nSPS) is 15.6. The van der Waals surface area contributed by atoms with Crippen LogP contribution in [0.4, 0.5) is 34.1 Å². The Labute approximate surface area is 326 Å². The summed E-state index contributed by atoms with van der Waals surface area (Å²) in [5.41, 5.74) is 14.0. The summed E-state index contributed by atoms with van der Waals surface area (Å²) in [6.45, 7) is 17.4. The number of fused-ring (bicyclic) bond motifs is 10. The fraction of sp³-hybridized carbons (Fsp3) is 0.277. The molecule has 4 aliphatic rings. The minimum atomic E-state index is -0.330. The summed E-state index contributed by atoms with van der Waals surface area (Å²) in [5.74, 6) is 2.96. The molecule has 0 bridgehead atoms. The lowest BCUT2D eigenvalue weighted by atomic mass is 9.37. The quantitative estimate of drug-likeness (QED) is 0.162. The first kappa shape index (κ1) is 33.4. The van der Waals surface area contributed by atoms with Crippen molar-refractivity contribution in [1.82, 2.24) is 0 Å². The molecule has 0 atom stereocenters. The van der Waals surface area contributed by atoms with Crippen molar-refractivity contribution in [3.63, 3.8) is 0 Å². The van der Waals surface area contributed by atoms with Gasteiger partial charge in [-0.25, -0.2) is 0 Å². The van der Waals surface area contributed by atoms with E-state index in [4.69, 9.17) is 27.8 Å². The van der Waals surface area contributed by atoms with Crippen molar-refractivity contribution in [2.24, 2.45) is 0 Å². The fourth-order valence-corrected chi connectivity index (χ4v) is 8.92. The minimum absolute atomic E-state index is 0.0673. The van der Waals surface area contributed by atoms with Crippen LogP contribution in [0.5, 0.6) is 23.0 Å². The molecule has 0 radical (unpaired) electrons. The molecule has 0 aliphatic carbocycles. The van der Waals surface area contributed by atoms with Gasteiger partial charge in [0.2, 0.25) is 0 Å². The van der Waals surface area contributed by atoms with Gasteiger partial charge in [-0.1, -0.05) is 53.7 Å². The van der Waals surface area contributed by atoms with Gasteiger partial charge in [-0.05, 0) is 101 Å². The van der Waals surface area contributed by atoms with E-state index < -0.39 is 0 Å². The lowest BCUT2D eigenvalue weighted by Gasteiger charge is -2.41. The first-order valence-corrected chi connectivity index (χ1v) is 19.6. The number of furan rings is 2. The van der Waals surface area contributed by atoms with E-state index in [1.165, 1.54) is 11.1 Å². The van der Waals surface area contributed by atoms with Gasteiger partial charge in [-0.3, -0.25) is 0 Å². The predicted octanol–water partition coefficient (Wildman–Crippen LogP) is 9.71. The van der Waals surface area contributed by atoms with Crippen molar-refractivity contribution in [2.75, 3.05) is 36.2 Å². The minimum Gasteiger partial charge on any atom is -0.486 e. The molecule has 0 saturated heterocycles. The average Bonchev–Trinajstić information content (AvgIpc) is 3.75. The Morgan fingerprint density at radius 2 is 0.929 bits per heavy atom. The number of ether oxygens (including phenoxy) is 4. The van der Waals surface area contributed by atoms with Crippen molar-refractivity contribution in [3.8, 4) is 23.0 Å². The second kappa shape index (κ2) is 11.5. The molecule has 4 aliphatic heterocycles. The Hall–Kier alpha value is -5.96. The van der Waals surface area contributed by atoms with Crippen molar-refractivity contribution in [3.05, 3.63) is 102 Å². The van der Waals surface area contributed by atoms with Crippen molar-refractivity contribution in [2.45, 2.75) is 59.3 Å². The molecule has 0 saturated carbocycles. The summed E-state index contributed by atoms with van der Waals surface area (Å²) in [4.78, 5) is 4.73. The molecular weight excluding hydrogens is 699 g/mol. The summed E-state index contributed by atoms with van der Waals surface area (Å²) >= 11 is 0. The number of anilines is 6. The van der Waals surface area contributed by atoms with Crippen LogP contribution in [0.2, 0.25) is 0 Å². The van der Waals surface area contributed by atoms with E-state index in [1.807, 2.05) is 12.1 Å². The molecule has 0 fully saturated rings. The average molecular weight is 743 g/mol. The molecule has 11 rings (SSSR count). The Morgan fingerprint density at radius 3 is 1.36 bits per heavy atom. The third kappa shape index (κ3) is 4.85. The van der Waals surface area contributed by atoms with Gasteiger partial charge < -0.3 is 37.6 Å². The maximum atomic E-state index is 7.14. The van der Waals surface area contributed by atoms with Crippen LogP contribution in [0.15, 0.2) is 93.8 Å². The van der Waals surface area contributed by atoms with E-state index in [1.54, 1.807) is 0 Å². The molecule has 5 aromatic carbocycles. The number of rotatable bonds is 2. The van der Waals surface area contributed by atoms with E-state index in [-0.39, 0.29) is 17.5 Å². The number of nitrogens with zero attached hydrogens (tertiary/aromatic N) is 2. The zero-order valence-electron chi connectivity index (χ0n) is 32.8. The summed E-state index contributed by atoms with van der Waals surface area (Å²) in [5, 5.41) is 2.11. The molecule has 280 valence electrons. The molecule has 0 spiro atoms. The molecule has 7 aromatic rings. The maximum absolute atomic E-state index is 7.14. The second-order valence-electron chi connectivity index (χ2n) is 17.5. The standard InChI is InChI=1S/C47H43BN2O6/c1-26-20-33-41-34(21-26)50(30-11-15-38-40(25-30)54-19-17-52-38)43-32-23-28(47(5,6)7)9-13-36(32)56-45(43)48(41)44-42(31-22-27(46(2,3)4)8-12-35(31)55-44)49(33)29-10-14-37-39(24-29)53-18-16-51-37/h8-15,20-25H,16-19H2,1-7H3. The van der Waals surface area contributed by atoms with Gasteiger partial charge in [-0.2, -0.15) is 0 Å². The Bertz CT molecular complexity index is 2600. The summed E-state index contributed by atoms with van der Waals surface area (Å²) in [6.07, 6.45) is 0. The van der Waals surface area contributed by atoms with E-state index in [0.29, 0.717) is 26.4 Å². The van der Waals surface area contributed by atoms with Crippen LogP contribution in [0.25, 0.3) is 21.9 Å². The zero-order valence-corrected chi connectivity index (χ0v) is 32.8. The first-order chi connectivity index (χ1) is 26.9. The third-order valence-corrected chi connectivity index (χ3v) is 11.7. The molecular formula is C47H43BN2O6. The summed E-state index contributed by atoms with van der Waals surface area (Å²) < 4.78 is 38.6. The van der Waals surface area contributed by atoms with Crippen LogP contribution < -0.4 is 45.5 Å². The number of benzene rings is 5. The van der Waals surface area contributed by atoms with E-state index >= 15 is 0 Å². The lowest BCUT2D eigenvalue weighted by molar-refractivity contribution is 0.171. The van der Waals surface area contributed by atoms with Gasteiger partial charge in [0.1, 0.15) is 48.9 Å². The Morgan fingerprint density at radius 1 is 0.500 bits per heavy atom. The van der Waals surface area contributed by atoms with Gasteiger partial charge in [0.25, 0.3) is 0 Å². The van der Waals surface area contributed by atoms with Crippen LogP contribution in [-0.2, 0) is 10.8 Å². The van der Waals surface area contributed by atoms with Crippen molar-refractivity contribution in [1.29, 1.82) is 0 Å². The fourth-order valence-electron chi connectivity index (χ4n) is 8.92. The number of hydrogen-bond donors (Lipinski definition) is 0. The largest absolute Gasteiger partial charge is 0.486 e. The van der Waals surface area contributed by atoms with Crippen LogP contribution in [0, 0.1) is 6.92 Å². The zero-order chi connectivity index (χ0) is 38.2. The van der Waals surface area contributed by atoms with Crippen molar-refractivity contribution < 1.29 is 27.8 Å². The second-order valence-corrected chi connectivity index (χ2v) is 17.5. The van der Waals surface area contributed by atoms with Crippen LogP contribution in [0.1, 0.15) is 58.2 Å². The highest BCUT2D eigenvalue weighted by Gasteiger charge is 2.50. The summed E-state index contributed by atoms with van der Waals surface area (Å²) in [7, 11) is 0. The maximum Gasteiger partial charge on any atom is 0.342 e. The molecule has 2 aromatic heterocycles. The highest BCUT2D eigenvalue weighted by Crippen LogP contribution is 2.51. The molecule has 9 heteroatoms. The van der Waals surface area contributed by atoms with Crippen molar-refractivity contribution >= 4 is 79.6 Å². The van der Waals surface area contributed by atoms with Gasteiger partial charge in [0.15, 0.2) is 23.0 Å². The van der Waals surface area contributed by atoms with Gasteiger partial charge in [0.05, 0.1) is 22.7 Å². The highest BCUT2D eigenvalue weighted by atomic mass is 16.6. The van der Waals surface area contributed by atoms with E-state index in [2.05, 4.69) is 131 Å². The predicted molar refractivity (Wildman–Crippen MR) is 224 cm³/mol. The molecule has 0 amide bonds. The van der Waals surface area contributed by atoms with Gasteiger partial charge in [-0.15, -0.1) is 0 Å². The van der Waals surface area contributed by atoms with E-state index in [9.17, 15) is 0 Å². The van der Waals surface area contributed by atoms with Crippen LogP contribution >= 0.6 is 0 Å². The highest BCUT2D eigenvalue weighted by molar-refractivity contribution is 6.99. The molecule has 0 N–H and O–H groups in total. The number of aryl methyl sites for hydroxylation is 1. The SMILES string of the molecule is Cc1cc2c3c(c1)N(c1ccc4c(c1)OCCO4)c1c(oc4ccc(C(C)(C)C)cc14)B3c1oc3ccc(C(C)(C)C)cc3c1N2c1ccc2c(c1)OCCO2. The Kier molecular flexibility index (Phi) is 6.88. The van der Waals surface area contributed by atoms with Gasteiger partial charge >= 0.3 is 6.71 Å². The molecule has 56 heavy (non-hydrogen) atoms. The molecule has 6 heterocycles. The summed E-state index contributed by atoms with van der Waals surface area (Å²) in [6, 6.07) is 30.4. The Balaban J connectivity index is 1.25. The number of hydrogen-bond acceptors (Lipinski definition) is 8.